The molecule has 1 heterocycles. The average Bonchev–Trinajstić information content (AvgIpc) is 2.28. The maximum absolute atomic E-state index is 11.8. The van der Waals surface area contributed by atoms with E-state index in [0.29, 0.717) is 12.5 Å². The number of amides is 1. The van der Waals surface area contributed by atoms with Gasteiger partial charge in [-0.3, -0.25) is 9.59 Å². The van der Waals surface area contributed by atoms with Gasteiger partial charge >= 0.3 is 5.97 Å². The van der Waals surface area contributed by atoms with Gasteiger partial charge in [0.15, 0.2) is 0 Å². The lowest BCUT2D eigenvalue weighted by Gasteiger charge is -2.34. The number of hydrogen-bond acceptors (Lipinski definition) is 3. The first-order valence-corrected chi connectivity index (χ1v) is 6.22. The van der Waals surface area contributed by atoms with Crippen LogP contribution >= 0.6 is 0 Å². The van der Waals surface area contributed by atoms with E-state index >= 15 is 0 Å². The van der Waals surface area contributed by atoms with E-state index in [1.807, 2.05) is 18.7 Å². The van der Waals surface area contributed by atoms with Crippen molar-refractivity contribution in [2.24, 2.45) is 11.8 Å². The van der Waals surface area contributed by atoms with Crippen molar-refractivity contribution < 1.29 is 14.7 Å². The number of carbonyl (C=O) groups is 2. The second-order valence-electron chi connectivity index (χ2n) is 4.97. The van der Waals surface area contributed by atoms with Crippen LogP contribution in [0, 0.1) is 11.8 Å². The molecule has 1 aliphatic heterocycles. The van der Waals surface area contributed by atoms with Crippen molar-refractivity contribution >= 4 is 11.9 Å². The number of likely N-dealkylation sites (tertiary alicyclic amines) is 1. The normalized spacial score (nSPS) is 20.6. The number of hydrogen-bond donors (Lipinski definition) is 2. The highest BCUT2D eigenvalue weighted by atomic mass is 16.4. The summed E-state index contributed by atoms with van der Waals surface area (Å²) in [4.78, 5) is 24.1. The fourth-order valence-corrected chi connectivity index (χ4v) is 2.18. The molecule has 0 bridgehead atoms. The number of carbonyl (C=O) groups excluding carboxylic acids is 1. The first-order valence-electron chi connectivity index (χ1n) is 6.22. The Labute approximate surface area is 102 Å². The standard InChI is InChI=1S/C12H22N2O3/c1-9(2)12(17)14-5-3-4-10(8-14)6-13-7-11(15)16/h9-10,13H,3-8H2,1-2H3,(H,15,16). The van der Waals surface area contributed by atoms with E-state index < -0.39 is 5.97 Å². The monoisotopic (exact) mass is 242 g/mol. The zero-order valence-electron chi connectivity index (χ0n) is 10.6. The van der Waals surface area contributed by atoms with Crippen molar-refractivity contribution in [1.82, 2.24) is 10.2 Å². The minimum Gasteiger partial charge on any atom is -0.480 e. The van der Waals surface area contributed by atoms with Crippen LogP contribution in [-0.2, 0) is 9.59 Å². The molecule has 1 rings (SSSR count). The molecule has 0 radical (unpaired) electrons. The summed E-state index contributed by atoms with van der Waals surface area (Å²) in [7, 11) is 0. The molecule has 0 aromatic heterocycles. The second-order valence-corrected chi connectivity index (χ2v) is 4.97. The highest BCUT2D eigenvalue weighted by Gasteiger charge is 2.24. The van der Waals surface area contributed by atoms with Crippen molar-refractivity contribution in [3.8, 4) is 0 Å². The van der Waals surface area contributed by atoms with E-state index in [9.17, 15) is 9.59 Å². The van der Waals surface area contributed by atoms with E-state index in [1.165, 1.54) is 0 Å². The van der Waals surface area contributed by atoms with Gasteiger partial charge in [0.05, 0.1) is 6.54 Å². The van der Waals surface area contributed by atoms with E-state index in [0.717, 1.165) is 25.9 Å². The molecule has 0 aromatic carbocycles. The Morgan fingerprint density at radius 2 is 2.18 bits per heavy atom. The topological polar surface area (TPSA) is 69.6 Å². The number of nitrogens with one attached hydrogen (secondary N) is 1. The van der Waals surface area contributed by atoms with Gasteiger partial charge < -0.3 is 15.3 Å². The number of carboxylic acids is 1. The van der Waals surface area contributed by atoms with Crippen LogP contribution in [0.2, 0.25) is 0 Å². The van der Waals surface area contributed by atoms with Crippen molar-refractivity contribution in [1.29, 1.82) is 0 Å². The van der Waals surface area contributed by atoms with Crippen LogP contribution in [0.4, 0.5) is 0 Å². The Hall–Kier alpha value is -1.10. The average molecular weight is 242 g/mol. The number of carboxylic acid groups (broad SMARTS) is 1. The first-order chi connectivity index (χ1) is 8.00. The molecule has 0 aliphatic carbocycles. The fraction of sp³-hybridized carbons (Fsp3) is 0.833. The lowest BCUT2D eigenvalue weighted by atomic mass is 9.97. The molecule has 98 valence electrons. The minimum atomic E-state index is -0.837. The van der Waals surface area contributed by atoms with Crippen molar-refractivity contribution in [2.45, 2.75) is 26.7 Å². The molecular formula is C12H22N2O3. The maximum Gasteiger partial charge on any atom is 0.317 e. The van der Waals surface area contributed by atoms with Gasteiger partial charge in [-0.15, -0.1) is 0 Å². The van der Waals surface area contributed by atoms with Crippen LogP contribution in [0.1, 0.15) is 26.7 Å². The zero-order valence-corrected chi connectivity index (χ0v) is 10.6. The molecule has 2 N–H and O–H groups in total. The largest absolute Gasteiger partial charge is 0.480 e. The van der Waals surface area contributed by atoms with Crippen LogP contribution in [0.25, 0.3) is 0 Å². The van der Waals surface area contributed by atoms with Gasteiger partial charge in [-0.25, -0.2) is 0 Å². The third kappa shape index (κ3) is 4.73. The minimum absolute atomic E-state index is 0.00533. The molecule has 1 amide bonds. The molecular weight excluding hydrogens is 220 g/mol. The van der Waals surface area contributed by atoms with Crippen LogP contribution in [-0.4, -0.2) is 48.1 Å². The molecule has 5 heteroatoms. The fourth-order valence-electron chi connectivity index (χ4n) is 2.18. The van der Waals surface area contributed by atoms with Gasteiger partial charge in [-0.1, -0.05) is 13.8 Å². The highest BCUT2D eigenvalue weighted by molar-refractivity contribution is 5.78. The van der Waals surface area contributed by atoms with Crippen LogP contribution < -0.4 is 5.32 Å². The van der Waals surface area contributed by atoms with Gasteiger partial charge in [0, 0.05) is 25.6 Å². The molecule has 0 spiro atoms. The predicted octanol–water partition coefficient (Wildman–Crippen LogP) is 0.555. The summed E-state index contributed by atoms with van der Waals surface area (Å²) in [6, 6.07) is 0. The molecule has 1 aliphatic rings. The van der Waals surface area contributed by atoms with Crippen molar-refractivity contribution in [2.75, 3.05) is 26.2 Å². The molecule has 1 saturated heterocycles. The Morgan fingerprint density at radius 1 is 1.47 bits per heavy atom. The van der Waals surface area contributed by atoms with E-state index in [2.05, 4.69) is 5.32 Å². The lowest BCUT2D eigenvalue weighted by Crippen LogP contribution is -2.44. The molecule has 0 saturated carbocycles. The molecule has 0 aromatic rings. The number of rotatable bonds is 5. The summed E-state index contributed by atoms with van der Waals surface area (Å²) in [5.41, 5.74) is 0. The van der Waals surface area contributed by atoms with Crippen LogP contribution in [0.15, 0.2) is 0 Å². The van der Waals surface area contributed by atoms with Gasteiger partial charge in [-0.05, 0) is 18.8 Å². The Morgan fingerprint density at radius 3 is 2.76 bits per heavy atom. The zero-order chi connectivity index (χ0) is 12.8. The highest BCUT2D eigenvalue weighted by Crippen LogP contribution is 2.17. The first kappa shape index (κ1) is 14.0. The number of piperidine rings is 1. The lowest BCUT2D eigenvalue weighted by molar-refractivity contribution is -0.137. The predicted molar refractivity (Wildman–Crippen MR) is 64.6 cm³/mol. The third-order valence-corrected chi connectivity index (χ3v) is 3.03. The summed E-state index contributed by atoms with van der Waals surface area (Å²) in [5, 5.41) is 11.4. The maximum atomic E-state index is 11.8. The van der Waals surface area contributed by atoms with Gasteiger partial charge in [0.2, 0.25) is 5.91 Å². The summed E-state index contributed by atoms with van der Waals surface area (Å²) in [6.45, 7) is 6.09. The smallest absolute Gasteiger partial charge is 0.317 e. The Kier molecular flexibility index (Phi) is 5.41. The molecule has 1 atom stereocenters. The van der Waals surface area contributed by atoms with E-state index in [4.69, 9.17) is 5.11 Å². The summed E-state index contributed by atoms with van der Waals surface area (Å²) in [6.07, 6.45) is 2.08. The number of aliphatic carboxylic acids is 1. The summed E-state index contributed by atoms with van der Waals surface area (Å²) in [5.74, 6) is -0.213. The third-order valence-electron chi connectivity index (χ3n) is 3.03. The summed E-state index contributed by atoms with van der Waals surface area (Å²) >= 11 is 0. The van der Waals surface area contributed by atoms with Gasteiger partial charge in [0.25, 0.3) is 0 Å². The van der Waals surface area contributed by atoms with Gasteiger partial charge in [-0.2, -0.15) is 0 Å². The van der Waals surface area contributed by atoms with Gasteiger partial charge in [0.1, 0.15) is 0 Å². The quantitative estimate of drug-likeness (QED) is 0.739. The van der Waals surface area contributed by atoms with Crippen molar-refractivity contribution in [3.63, 3.8) is 0 Å². The molecule has 5 nitrogen and oxygen atoms in total. The van der Waals surface area contributed by atoms with Crippen LogP contribution in [0.5, 0.6) is 0 Å². The second kappa shape index (κ2) is 6.59. The van der Waals surface area contributed by atoms with Crippen molar-refractivity contribution in [3.05, 3.63) is 0 Å². The molecule has 1 unspecified atom stereocenters. The SMILES string of the molecule is CC(C)C(=O)N1CCCC(CNCC(=O)O)C1. The molecule has 1 fully saturated rings. The van der Waals surface area contributed by atoms with E-state index in [1.54, 1.807) is 0 Å². The summed E-state index contributed by atoms with van der Waals surface area (Å²) < 4.78 is 0. The van der Waals surface area contributed by atoms with E-state index in [-0.39, 0.29) is 18.4 Å². The Bertz CT molecular complexity index is 279. The number of nitrogens with zero attached hydrogens (tertiary/aromatic N) is 1. The Balaban J connectivity index is 2.33. The van der Waals surface area contributed by atoms with Crippen LogP contribution in [0.3, 0.4) is 0 Å². The molecule has 17 heavy (non-hydrogen) atoms.